The Bertz CT molecular complexity index is 685. The zero-order valence-electron chi connectivity index (χ0n) is 14.9. The van der Waals surface area contributed by atoms with Crippen LogP contribution in [0.5, 0.6) is 0 Å². The molecule has 2 aliphatic rings. The third-order valence-corrected chi connectivity index (χ3v) is 8.30. The number of nitrogens with two attached hydrogens (primary N) is 1. The largest absolute Gasteiger partial charge is 0.332 e. The molecule has 0 radical (unpaired) electrons. The van der Waals surface area contributed by atoms with E-state index in [-0.39, 0.29) is 15.5 Å². The van der Waals surface area contributed by atoms with Crippen molar-refractivity contribution in [3.63, 3.8) is 0 Å². The quantitative estimate of drug-likeness (QED) is 0.566. The van der Waals surface area contributed by atoms with E-state index in [4.69, 9.17) is 5.14 Å². The van der Waals surface area contributed by atoms with Gasteiger partial charge in [-0.2, -0.15) is 0 Å². The molecule has 0 aliphatic carbocycles. The fourth-order valence-electron chi connectivity index (χ4n) is 2.56. The topological polar surface area (TPSA) is 118 Å². The highest BCUT2D eigenvalue weighted by Crippen LogP contribution is 2.24. The van der Waals surface area contributed by atoms with E-state index in [1.54, 1.807) is 12.3 Å². The Balaban J connectivity index is 0.000000271. The second-order valence-corrected chi connectivity index (χ2v) is 11.6. The molecular weight excluding hydrogens is 382 g/mol. The highest BCUT2D eigenvalue weighted by Gasteiger charge is 2.37. The second kappa shape index (κ2) is 9.96. The monoisotopic (exact) mass is 411 g/mol. The maximum absolute atomic E-state index is 11.8. The van der Waals surface area contributed by atoms with Crippen molar-refractivity contribution in [1.29, 1.82) is 0 Å². The summed E-state index contributed by atoms with van der Waals surface area (Å²) < 4.78 is 47.5. The lowest BCUT2D eigenvalue weighted by Crippen LogP contribution is -2.32. The van der Waals surface area contributed by atoms with E-state index in [0.29, 0.717) is 11.7 Å². The minimum atomic E-state index is -3.52. The number of sulfonamides is 1. The van der Waals surface area contributed by atoms with Gasteiger partial charge in [0, 0.05) is 12.2 Å². The minimum absolute atomic E-state index is 0.0906. The van der Waals surface area contributed by atoms with Gasteiger partial charge < -0.3 is 10.0 Å². The van der Waals surface area contributed by atoms with Crippen molar-refractivity contribution >= 4 is 31.8 Å². The normalized spacial score (nSPS) is 25.1. The van der Waals surface area contributed by atoms with Crippen molar-refractivity contribution in [2.75, 3.05) is 12.3 Å². The molecule has 1 saturated heterocycles. The predicted molar refractivity (Wildman–Crippen MR) is 105 cm³/mol. The van der Waals surface area contributed by atoms with E-state index in [1.807, 2.05) is 6.92 Å². The van der Waals surface area contributed by atoms with Crippen LogP contribution in [0, 0.1) is 5.92 Å². The molecule has 7 nitrogen and oxygen atoms in total. The summed E-state index contributed by atoms with van der Waals surface area (Å²) in [5.41, 5.74) is 0. The molecule has 4 N–H and O–H groups in total. The molecule has 25 heavy (non-hydrogen) atoms. The number of allylic oxidation sites excluding steroid dienone is 2. The van der Waals surface area contributed by atoms with E-state index in [0.717, 1.165) is 37.8 Å². The first kappa shape index (κ1) is 22.5. The Morgan fingerprint density at radius 2 is 2.12 bits per heavy atom. The highest BCUT2D eigenvalue weighted by atomic mass is 32.3. The number of primary sulfonamides is 1. The van der Waals surface area contributed by atoms with Crippen LogP contribution in [0.1, 0.15) is 40.0 Å². The molecule has 2 atom stereocenters. The lowest BCUT2D eigenvalue weighted by molar-refractivity contribution is 0.471. The molecule has 0 saturated carbocycles. The van der Waals surface area contributed by atoms with Gasteiger partial charge in [-0.25, -0.2) is 22.0 Å². The number of hydrogen-bond acceptors (Lipinski definition) is 7. The maximum atomic E-state index is 11.8. The van der Waals surface area contributed by atoms with Crippen molar-refractivity contribution in [1.82, 2.24) is 10.0 Å². The summed E-state index contributed by atoms with van der Waals surface area (Å²) in [5.74, 6) is 0.919. The van der Waals surface area contributed by atoms with Gasteiger partial charge >= 0.3 is 0 Å². The molecule has 0 bridgehead atoms. The molecule has 1 unspecified atom stereocenters. The smallest absolute Gasteiger partial charge is 0.245 e. The molecule has 0 aromatic heterocycles. The van der Waals surface area contributed by atoms with Crippen LogP contribution in [0.3, 0.4) is 0 Å². The van der Waals surface area contributed by atoms with Crippen molar-refractivity contribution in [2.24, 2.45) is 11.1 Å². The molecule has 2 heterocycles. The van der Waals surface area contributed by atoms with Crippen LogP contribution in [0.15, 0.2) is 22.6 Å². The minimum Gasteiger partial charge on any atom is -0.332 e. The number of rotatable bonds is 6. The van der Waals surface area contributed by atoms with E-state index in [2.05, 4.69) is 23.9 Å². The van der Waals surface area contributed by atoms with Crippen LogP contribution in [0.2, 0.25) is 0 Å². The van der Waals surface area contributed by atoms with Gasteiger partial charge in [0.25, 0.3) is 0 Å². The van der Waals surface area contributed by atoms with Crippen LogP contribution in [0.25, 0.3) is 0 Å². The average Bonchev–Trinajstić information content (AvgIpc) is 2.81. The van der Waals surface area contributed by atoms with Crippen LogP contribution < -0.4 is 15.2 Å². The van der Waals surface area contributed by atoms with Gasteiger partial charge in [-0.05, 0) is 49.4 Å². The van der Waals surface area contributed by atoms with Gasteiger partial charge in [0.2, 0.25) is 10.0 Å². The lowest BCUT2D eigenvalue weighted by Gasteiger charge is -2.12. The summed E-state index contributed by atoms with van der Waals surface area (Å²) in [7, 11) is -6.32. The molecule has 1 fully saturated rings. The van der Waals surface area contributed by atoms with E-state index >= 15 is 0 Å². The molecule has 2 rings (SSSR count). The number of nitrogens with one attached hydrogen (secondary N) is 2. The zero-order chi connectivity index (χ0) is 19.1. The summed E-state index contributed by atoms with van der Waals surface area (Å²) in [6.45, 7) is 7.24. The van der Waals surface area contributed by atoms with Gasteiger partial charge in [0.15, 0.2) is 9.84 Å². The van der Waals surface area contributed by atoms with E-state index < -0.39 is 19.9 Å². The van der Waals surface area contributed by atoms with Crippen molar-refractivity contribution in [3.8, 4) is 0 Å². The first-order valence-electron chi connectivity index (χ1n) is 8.33. The molecule has 146 valence electrons. The second-order valence-electron chi connectivity index (χ2n) is 6.58. The van der Waals surface area contributed by atoms with Gasteiger partial charge in [0.05, 0.1) is 11.0 Å². The summed E-state index contributed by atoms with van der Waals surface area (Å²) in [6.07, 6.45) is 7.23. The molecule has 0 amide bonds. The van der Waals surface area contributed by atoms with Gasteiger partial charge in [0.1, 0.15) is 4.24 Å². The predicted octanol–water partition coefficient (Wildman–Crippen LogP) is 1.47. The van der Waals surface area contributed by atoms with E-state index in [9.17, 15) is 16.8 Å². The first-order valence-corrected chi connectivity index (χ1v) is 12.4. The third-order valence-electron chi connectivity index (χ3n) is 3.75. The first-order chi connectivity index (χ1) is 11.6. The number of hydrogen-bond donors (Lipinski definition) is 3. The third kappa shape index (κ3) is 8.12. The molecular formula is C15H29N3O4S3. The molecule has 0 aromatic rings. The molecule has 0 aromatic carbocycles. The fraction of sp³-hybridized carbons (Fsp3) is 0.733. The van der Waals surface area contributed by atoms with Crippen LogP contribution >= 0.6 is 11.9 Å². The van der Waals surface area contributed by atoms with Crippen molar-refractivity contribution in [3.05, 3.63) is 22.6 Å². The SMILES string of the molecule is CCC[C@@H]1CC(NCC(C)C)CS1(=O)=O.NS(=O)(=O)C1=CC=CNS1. The van der Waals surface area contributed by atoms with Crippen molar-refractivity contribution < 1.29 is 16.8 Å². The molecule has 2 aliphatic heterocycles. The molecule has 0 spiro atoms. The fourth-order valence-corrected chi connectivity index (χ4v) is 6.05. The Hall–Kier alpha value is -0.550. The average molecular weight is 412 g/mol. The van der Waals surface area contributed by atoms with Gasteiger partial charge in [-0.3, -0.25) is 0 Å². The standard InChI is InChI=1S/C11H23NO2S.C4H6N2O2S2/c1-4-5-11-6-10(8-15(11,13)14)12-7-9(2)3;5-10(7,8)4-2-1-3-6-9-4/h9-12H,4-8H2,1-3H3;1-3,6H,(H2,5,7,8)/t10?,11-;/m1./s1. The van der Waals surface area contributed by atoms with Crippen LogP contribution in [0.4, 0.5) is 0 Å². The number of sulfone groups is 1. The lowest BCUT2D eigenvalue weighted by atomic mass is 10.1. The molecule has 10 heteroatoms. The van der Waals surface area contributed by atoms with Gasteiger partial charge in [-0.15, -0.1) is 0 Å². The summed E-state index contributed by atoms with van der Waals surface area (Å²) in [5, 5.41) is 8.07. The summed E-state index contributed by atoms with van der Waals surface area (Å²) >= 11 is 0.981. The van der Waals surface area contributed by atoms with Crippen LogP contribution in [-0.2, 0) is 19.9 Å². The zero-order valence-corrected chi connectivity index (χ0v) is 17.4. The van der Waals surface area contributed by atoms with Gasteiger partial charge in [-0.1, -0.05) is 27.2 Å². The Kier molecular flexibility index (Phi) is 8.96. The Labute approximate surface area is 156 Å². The highest BCUT2D eigenvalue weighted by molar-refractivity contribution is 8.17. The van der Waals surface area contributed by atoms with Crippen LogP contribution in [-0.4, -0.2) is 40.4 Å². The Morgan fingerprint density at radius 3 is 2.56 bits per heavy atom. The summed E-state index contributed by atoms with van der Waals surface area (Å²) in [4.78, 5) is 0. The van der Waals surface area contributed by atoms with E-state index in [1.165, 1.54) is 6.08 Å². The Morgan fingerprint density at radius 1 is 1.44 bits per heavy atom. The summed E-state index contributed by atoms with van der Waals surface area (Å²) in [6, 6.07) is 0.189. The maximum Gasteiger partial charge on any atom is 0.245 e. The van der Waals surface area contributed by atoms with Crippen molar-refractivity contribution in [2.45, 2.75) is 51.3 Å².